The Morgan fingerprint density at radius 3 is 2.31 bits per heavy atom. The highest BCUT2D eigenvalue weighted by Crippen LogP contribution is 2.44. The summed E-state index contributed by atoms with van der Waals surface area (Å²) in [6.45, 7) is 6.55. The van der Waals surface area contributed by atoms with Gasteiger partial charge in [0, 0.05) is 42.5 Å². The molecule has 0 saturated heterocycles. The van der Waals surface area contributed by atoms with E-state index in [1.54, 1.807) is 20.8 Å². The van der Waals surface area contributed by atoms with Crippen molar-refractivity contribution in [3.05, 3.63) is 81.2 Å². The first kappa shape index (κ1) is 30.8. The number of ether oxygens (including phenoxy) is 4. The Balaban J connectivity index is 1.81. The molecule has 2 aromatic carbocycles. The standard InChI is InChI=1S/C31H31F3O8/c1-16-12-21(35)13-25(40-16)23-14-22-26(42-28(23)36)15-24(38-5)18(3)27(22)17(2)19(4)41-29(37)30(39-6,31(32,33)34)20-10-8-7-9-11-20/h7-11,13-17,19H,12H2,1-6H3/t16?,17-,19+,30-/m0/s1. The summed E-state index contributed by atoms with van der Waals surface area (Å²) >= 11 is 0. The Kier molecular flexibility index (Phi) is 8.54. The fourth-order valence-corrected chi connectivity index (χ4v) is 5.23. The molecule has 0 spiro atoms. The highest BCUT2D eigenvalue weighted by molar-refractivity contribution is 5.98. The van der Waals surface area contributed by atoms with Crippen LogP contribution < -0.4 is 10.4 Å². The Bertz CT molecular complexity index is 1590. The maximum atomic E-state index is 14.4. The Labute approximate surface area is 240 Å². The number of rotatable bonds is 8. The van der Waals surface area contributed by atoms with Gasteiger partial charge < -0.3 is 23.4 Å². The molecule has 0 fully saturated rings. The topological polar surface area (TPSA) is 101 Å². The molecule has 3 aromatic rings. The van der Waals surface area contributed by atoms with Gasteiger partial charge in [-0.3, -0.25) is 4.79 Å². The van der Waals surface area contributed by atoms with E-state index >= 15 is 0 Å². The second-order valence-corrected chi connectivity index (χ2v) is 10.2. The molecule has 1 aliphatic heterocycles. The number of alkyl halides is 3. The highest BCUT2D eigenvalue weighted by atomic mass is 19.4. The van der Waals surface area contributed by atoms with Crippen molar-refractivity contribution in [3.8, 4) is 5.75 Å². The Morgan fingerprint density at radius 2 is 1.74 bits per heavy atom. The summed E-state index contributed by atoms with van der Waals surface area (Å²) in [5.74, 6) is -2.17. The van der Waals surface area contributed by atoms with Gasteiger partial charge in [0.2, 0.25) is 0 Å². The maximum absolute atomic E-state index is 14.4. The molecule has 8 nitrogen and oxygen atoms in total. The van der Waals surface area contributed by atoms with Crippen LogP contribution in [0.2, 0.25) is 0 Å². The number of carbonyl (C=O) groups excluding carboxylic acids is 2. The highest BCUT2D eigenvalue weighted by Gasteiger charge is 2.64. The molecule has 0 bridgehead atoms. The lowest BCUT2D eigenvalue weighted by atomic mass is 9.87. The van der Waals surface area contributed by atoms with E-state index in [4.69, 9.17) is 23.4 Å². The lowest BCUT2D eigenvalue weighted by Crippen LogP contribution is -2.52. The molecule has 1 aromatic heterocycles. The maximum Gasteiger partial charge on any atom is 0.432 e. The van der Waals surface area contributed by atoms with Crippen molar-refractivity contribution in [2.75, 3.05) is 14.2 Å². The lowest BCUT2D eigenvalue weighted by Gasteiger charge is -2.34. The van der Waals surface area contributed by atoms with Crippen molar-refractivity contribution in [1.29, 1.82) is 0 Å². The van der Waals surface area contributed by atoms with Gasteiger partial charge >= 0.3 is 17.8 Å². The molecule has 1 unspecified atom stereocenters. The molecule has 1 aliphatic rings. The molecule has 0 saturated carbocycles. The summed E-state index contributed by atoms with van der Waals surface area (Å²) in [6, 6.07) is 9.55. The van der Waals surface area contributed by atoms with Gasteiger partial charge in [0.15, 0.2) is 5.78 Å². The van der Waals surface area contributed by atoms with Crippen molar-refractivity contribution in [3.63, 3.8) is 0 Å². The molecule has 0 aliphatic carbocycles. The molecule has 0 amide bonds. The first-order chi connectivity index (χ1) is 19.7. The summed E-state index contributed by atoms with van der Waals surface area (Å²) in [4.78, 5) is 38.4. The third-order valence-corrected chi connectivity index (χ3v) is 7.52. The Morgan fingerprint density at radius 1 is 1.07 bits per heavy atom. The predicted molar refractivity (Wildman–Crippen MR) is 147 cm³/mol. The summed E-state index contributed by atoms with van der Waals surface area (Å²) < 4.78 is 70.5. The third-order valence-electron chi connectivity index (χ3n) is 7.52. The lowest BCUT2D eigenvalue weighted by molar-refractivity contribution is -0.278. The van der Waals surface area contributed by atoms with E-state index < -0.39 is 47.1 Å². The van der Waals surface area contributed by atoms with Gasteiger partial charge in [0.1, 0.15) is 34.9 Å². The number of hydrogen-bond donors (Lipinski definition) is 0. The van der Waals surface area contributed by atoms with E-state index in [2.05, 4.69) is 0 Å². The SMILES string of the molecule is COc1cc2oc(=O)c(C3=CC(=O)CC(C)O3)cc2c([C@@H](C)[C@@H](C)OC(=O)[C@@](OC)(c2ccccc2)C(F)(F)F)c1C. The largest absolute Gasteiger partial charge is 0.496 e. The van der Waals surface area contributed by atoms with E-state index in [9.17, 15) is 27.6 Å². The van der Waals surface area contributed by atoms with Crippen LogP contribution in [0.4, 0.5) is 13.2 Å². The number of carbonyl (C=O) groups is 2. The minimum absolute atomic E-state index is 0.00427. The first-order valence-corrected chi connectivity index (χ1v) is 13.2. The molecule has 224 valence electrons. The van der Waals surface area contributed by atoms with E-state index in [0.717, 1.165) is 19.2 Å². The van der Waals surface area contributed by atoms with Gasteiger partial charge in [0.25, 0.3) is 5.60 Å². The summed E-state index contributed by atoms with van der Waals surface area (Å²) in [5.41, 5.74) is -3.32. The monoisotopic (exact) mass is 588 g/mol. The van der Waals surface area contributed by atoms with Gasteiger partial charge in [-0.05, 0) is 38.0 Å². The van der Waals surface area contributed by atoms with E-state index in [1.807, 2.05) is 0 Å². The van der Waals surface area contributed by atoms with Crippen molar-refractivity contribution < 1.29 is 46.1 Å². The van der Waals surface area contributed by atoms with Gasteiger partial charge in [0.05, 0.1) is 7.11 Å². The number of hydrogen-bond acceptors (Lipinski definition) is 8. The van der Waals surface area contributed by atoms with Crippen LogP contribution in [0.1, 0.15) is 55.4 Å². The van der Waals surface area contributed by atoms with Crippen LogP contribution in [-0.4, -0.2) is 44.4 Å². The van der Waals surface area contributed by atoms with E-state index in [0.29, 0.717) is 22.3 Å². The number of benzene rings is 2. The summed E-state index contributed by atoms with van der Waals surface area (Å²) in [7, 11) is 2.22. The average molecular weight is 589 g/mol. The van der Waals surface area contributed by atoms with Gasteiger partial charge in [-0.1, -0.05) is 37.3 Å². The number of fused-ring (bicyclic) bond motifs is 1. The van der Waals surface area contributed by atoms with Crippen LogP contribution in [0.5, 0.6) is 5.75 Å². The summed E-state index contributed by atoms with van der Waals surface area (Å²) in [6.07, 6.45) is -5.32. The zero-order chi connectivity index (χ0) is 31.0. The molecule has 0 radical (unpaired) electrons. The van der Waals surface area contributed by atoms with Crippen LogP contribution >= 0.6 is 0 Å². The van der Waals surface area contributed by atoms with Crippen LogP contribution in [0.15, 0.2) is 57.8 Å². The fraction of sp³-hybridized carbons (Fsp3) is 0.387. The second kappa shape index (κ2) is 11.6. The molecule has 4 atom stereocenters. The van der Waals surface area contributed by atoms with Crippen molar-refractivity contribution in [2.45, 2.75) is 64.0 Å². The minimum Gasteiger partial charge on any atom is -0.496 e. The van der Waals surface area contributed by atoms with Crippen LogP contribution in [0, 0.1) is 6.92 Å². The predicted octanol–water partition coefficient (Wildman–Crippen LogP) is 5.97. The molecular weight excluding hydrogens is 557 g/mol. The zero-order valence-electron chi connectivity index (χ0n) is 24.0. The number of esters is 1. The normalized spacial score (nSPS) is 18.5. The molecule has 4 rings (SSSR count). The third kappa shape index (κ3) is 5.40. The van der Waals surface area contributed by atoms with Crippen molar-refractivity contribution in [1.82, 2.24) is 0 Å². The number of halogens is 3. The number of ketones is 1. The molecule has 2 heterocycles. The number of methoxy groups -OCH3 is 2. The molecule has 42 heavy (non-hydrogen) atoms. The van der Waals surface area contributed by atoms with Crippen LogP contribution in [-0.2, 0) is 29.4 Å². The van der Waals surface area contributed by atoms with Crippen LogP contribution in [0.25, 0.3) is 16.7 Å². The molecular formula is C31H31F3O8. The van der Waals surface area contributed by atoms with Gasteiger partial charge in [-0.2, -0.15) is 13.2 Å². The quantitative estimate of drug-likeness (QED) is 0.235. The average Bonchev–Trinajstić information content (AvgIpc) is 2.92. The fourth-order valence-electron chi connectivity index (χ4n) is 5.23. The summed E-state index contributed by atoms with van der Waals surface area (Å²) in [5, 5.41) is 0.408. The van der Waals surface area contributed by atoms with E-state index in [-0.39, 0.29) is 29.1 Å². The van der Waals surface area contributed by atoms with Crippen LogP contribution in [0.3, 0.4) is 0 Å². The minimum atomic E-state index is -5.14. The Hall–Kier alpha value is -4.12. The van der Waals surface area contributed by atoms with Crippen molar-refractivity contribution in [2.24, 2.45) is 0 Å². The van der Waals surface area contributed by atoms with E-state index in [1.165, 1.54) is 50.4 Å². The molecule has 0 N–H and O–H groups in total. The van der Waals surface area contributed by atoms with Crippen molar-refractivity contribution >= 4 is 28.5 Å². The first-order valence-electron chi connectivity index (χ1n) is 13.2. The van der Waals surface area contributed by atoms with Gasteiger partial charge in [-0.15, -0.1) is 0 Å². The smallest absolute Gasteiger partial charge is 0.432 e. The van der Waals surface area contributed by atoms with Gasteiger partial charge in [-0.25, -0.2) is 9.59 Å². The molecule has 11 heteroatoms. The second-order valence-electron chi connectivity index (χ2n) is 10.2. The zero-order valence-corrected chi connectivity index (χ0v) is 24.0. The number of allylic oxidation sites excluding steroid dienone is 1.